The number of rotatable bonds is 4. The number of carboxylic acid groups (broad SMARTS) is 1. The minimum atomic E-state index is -0.741. The molecule has 0 saturated carbocycles. The van der Waals surface area contributed by atoms with E-state index in [0.29, 0.717) is 6.54 Å². The molecule has 0 spiro atoms. The van der Waals surface area contributed by atoms with Gasteiger partial charge in [-0.3, -0.25) is 9.69 Å². The van der Waals surface area contributed by atoms with Gasteiger partial charge in [-0.1, -0.05) is 43.3 Å². The van der Waals surface area contributed by atoms with Gasteiger partial charge in [-0.15, -0.1) is 0 Å². The molecule has 1 aliphatic heterocycles. The first-order valence-electron chi connectivity index (χ1n) is 6.31. The van der Waals surface area contributed by atoms with Gasteiger partial charge >= 0.3 is 5.97 Å². The molecule has 1 atom stereocenters. The lowest BCUT2D eigenvalue weighted by Crippen LogP contribution is -2.37. The molecule has 18 heavy (non-hydrogen) atoms. The molecule has 1 aliphatic rings. The maximum atomic E-state index is 11.4. The van der Waals surface area contributed by atoms with Crippen LogP contribution in [0.25, 0.3) is 0 Å². The van der Waals surface area contributed by atoms with Crippen molar-refractivity contribution in [2.75, 3.05) is 13.1 Å². The van der Waals surface area contributed by atoms with E-state index < -0.39 is 11.9 Å². The molecule has 96 valence electrons. The van der Waals surface area contributed by atoms with Crippen molar-refractivity contribution < 1.29 is 9.90 Å². The highest BCUT2D eigenvalue weighted by Crippen LogP contribution is 2.28. The highest BCUT2D eigenvalue weighted by molar-refractivity contribution is 5.77. The molecular weight excluding hydrogens is 226 g/mol. The summed E-state index contributed by atoms with van der Waals surface area (Å²) in [5.41, 5.74) is 3.24. The highest BCUT2D eigenvalue weighted by Gasteiger charge is 2.29. The second-order valence-electron chi connectivity index (χ2n) is 4.86. The summed E-state index contributed by atoms with van der Waals surface area (Å²) in [5.74, 6) is -1.16. The molecule has 2 rings (SSSR count). The minimum absolute atomic E-state index is 0.417. The second kappa shape index (κ2) is 5.36. The monoisotopic (exact) mass is 245 g/mol. The van der Waals surface area contributed by atoms with E-state index in [0.717, 1.165) is 36.2 Å². The summed E-state index contributed by atoms with van der Waals surface area (Å²) in [7, 11) is 0. The molecule has 0 aliphatic carbocycles. The van der Waals surface area contributed by atoms with Gasteiger partial charge in [0, 0.05) is 19.6 Å². The van der Waals surface area contributed by atoms with Gasteiger partial charge in [0.15, 0.2) is 0 Å². The van der Waals surface area contributed by atoms with Crippen LogP contribution in [0.4, 0.5) is 0 Å². The van der Waals surface area contributed by atoms with Crippen LogP contribution in [0.2, 0.25) is 0 Å². The summed E-state index contributed by atoms with van der Waals surface area (Å²) >= 11 is 0. The Bertz CT molecular complexity index is 467. The van der Waals surface area contributed by atoms with Gasteiger partial charge in [-0.25, -0.2) is 0 Å². The number of hydrogen-bond acceptors (Lipinski definition) is 2. The number of benzene rings is 1. The fourth-order valence-electron chi connectivity index (χ4n) is 2.44. The van der Waals surface area contributed by atoms with Gasteiger partial charge in [-0.05, 0) is 17.5 Å². The van der Waals surface area contributed by atoms with E-state index in [1.54, 1.807) is 0 Å². The third kappa shape index (κ3) is 2.62. The summed E-state index contributed by atoms with van der Waals surface area (Å²) in [4.78, 5) is 13.5. The number of carbonyl (C=O) groups is 1. The third-order valence-corrected chi connectivity index (χ3v) is 3.51. The Balaban J connectivity index is 2.23. The van der Waals surface area contributed by atoms with Crippen LogP contribution in [-0.4, -0.2) is 29.1 Å². The summed E-state index contributed by atoms with van der Waals surface area (Å²) in [6.45, 7) is 8.26. The van der Waals surface area contributed by atoms with Crippen molar-refractivity contribution >= 4 is 5.97 Å². The Hall–Kier alpha value is -1.61. The number of fused-ring (bicyclic) bond motifs is 1. The van der Waals surface area contributed by atoms with E-state index in [-0.39, 0.29) is 0 Å². The van der Waals surface area contributed by atoms with Gasteiger partial charge in [-0.2, -0.15) is 0 Å². The van der Waals surface area contributed by atoms with Gasteiger partial charge in [0.25, 0.3) is 0 Å². The zero-order valence-electron chi connectivity index (χ0n) is 10.7. The van der Waals surface area contributed by atoms with Crippen LogP contribution in [0.1, 0.15) is 30.4 Å². The van der Waals surface area contributed by atoms with Crippen LogP contribution >= 0.6 is 0 Å². The normalized spacial score (nSPS) is 19.3. The van der Waals surface area contributed by atoms with E-state index in [9.17, 15) is 9.90 Å². The van der Waals surface area contributed by atoms with E-state index in [4.69, 9.17) is 0 Å². The molecule has 1 aromatic rings. The van der Waals surface area contributed by atoms with E-state index in [1.165, 1.54) is 0 Å². The molecule has 1 unspecified atom stereocenters. The zero-order valence-corrected chi connectivity index (χ0v) is 10.7. The van der Waals surface area contributed by atoms with E-state index >= 15 is 0 Å². The molecule has 0 aromatic heterocycles. The first-order chi connectivity index (χ1) is 8.61. The first kappa shape index (κ1) is 12.8. The van der Waals surface area contributed by atoms with Crippen LogP contribution in [0.15, 0.2) is 36.4 Å². The van der Waals surface area contributed by atoms with Gasteiger partial charge < -0.3 is 5.11 Å². The molecule has 0 fully saturated rings. The Labute approximate surface area is 108 Å². The van der Waals surface area contributed by atoms with E-state index in [2.05, 4.69) is 18.4 Å². The van der Waals surface area contributed by atoms with Crippen LogP contribution in [-0.2, 0) is 11.3 Å². The molecule has 1 aromatic carbocycles. The average Bonchev–Trinajstić information content (AvgIpc) is 2.37. The Kier molecular flexibility index (Phi) is 3.82. The van der Waals surface area contributed by atoms with Crippen LogP contribution < -0.4 is 0 Å². The van der Waals surface area contributed by atoms with Gasteiger partial charge in [0.05, 0.1) is 5.92 Å². The number of carboxylic acids is 1. The van der Waals surface area contributed by atoms with Crippen LogP contribution in [0.3, 0.4) is 0 Å². The Morgan fingerprint density at radius 1 is 1.50 bits per heavy atom. The minimum Gasteiger partial charge on any atom is -0.481 e. The lowest BCUT2D eigenvalue weighted by molar-refractivity contribution is -0.139. The quantitative estimate of drug-likeness (QED) is 0.829. The molecular formula is C15H19NO2. The fraction of sp³-hybridized carbons (Fsp3) is 0.400. The molecule has 3 nitrogen and oxygen atoms in total. The predicted octanol–water partition coefficient (Wildman–Crippen LogP) is 2.64. The standard InChI is InChI=1S/C15H19NO2/c1-3-11(2)8-16-9-12-6-4-5-7-13(12)14(10-16)15(17)18/h4-7,14H,2-3,8-10H2,1H3,(H,17,18). The van der Waals surface area contributed by atoms with Crippen molar-refractivity contribution in [3.63, 3.8) is 0 Å². The number of hydrogen-bond donors (Lipinski definition) is 1. The number of nitrogens with zero attached hydrogens (tertiary/aromatic N) is 1. The lowest BCUT2D eigenvalue weighted by Gasteiger charge is -2.33. The molecule has 1 N–H and O–H groups in total. The van der Waals surface area contributed by atoms with Gasteiger partial charge in [0.1, 0.15) is 0 Å². The first-order valence-corrected chi connectivity index (χ1v) is 6.31. The van der Waals surface area contributed by atoms with Crippen molar-refractivity contribution in [3.8, 4) is 0 Å². The highest BCUT2D eigenvalue weighted by atomic mass is 16.4. The smallest absolute Gasteiger partial charge is 0.312 e. The predicted molar refractivity (Wildman–Crippen MR) is 71.5 cm³/mol. The molecule has 0 radical (unpaired) electrons. The maximum Gasteiger partial charge on any atom is 0.312 e. The maximum absolute atomic E-state index is 11.4. The molecule has 3 heteroatoms. The average molecular weight is 245 g/mol. The van der Waals surface area contributed by atoms with Crippen molar-refractivity contribution in [3.05, 3.63) is 47.5 Å². The topological polar surface area (TPSA) is 40.5 Å². The van der Waals surface area contributed by atoms with Crippen molar-refractivity contribution in [2.45, 2.75) is 25.8 Å². The van der Waals surface area contributed by atoms with Gasteiger partial charge in [0.2, 0.25) is 0 Å². The second-order valence-corrected chi connectivity index (χ2v) is 4.86. The van der Waals surface area contributed by atoms with Crippen LogP contribution in [0.5, 0.6) is 0 Å². The van der Waals surface area contributed by atoms with E-state index in [1.807, 2.05) is 24.3 Å². The molecule has 0 saturated heterocycles. The molecule has 1 heterocycles. The molecule has 0 bridgehead atoms. The largest absolute Gasteiger partial charge is 0.481 e. The number of aliphatic carboxylic acids is 1. The lowest BCUT2D eigenvalue weighted by atomic mass is 9.89. The zero-order chi connectivity index (χ0) is 13.1. The SMILES string of the molecule is C=C(CC)CN1Cc2ccccc2C(C(=O)O)C1. The third-order valence-electron chi connectivity index (χ3n) is 3.51. The summed E-state index contributed by atoms with van der Waals surface area (Å²) in [6.07, 6.45) is 0.940. The summed E-state index contributed by atoms with van der Waals surface area (Å²) in [5, 5.41) is 9.35. The Morgan fingerprint density at radius 2 is 2.22 bits per heavy atom. The Morgan fingerprint density at radius 3 is 2.89 bits per heavy atom. The van der Waals surface area contributed by atoms with Crippen molar-refractivity contribution in [1.82, 2.24) is 4.90 Å². The summed E-state index contributed by atoms with van der Waals surface area (Å²) < 4.78 is 0. The van der Waals surface area contributed by atoms with Crippen molar-refractivity contribution in [2.24, 2.45) is 0 Å². The summed E-state index contributed by atoms with van der Waals surface area (Å²) in [6, 6.07) is 7.83. The van der Waals surface area contributed by atoms with Crippen LogP contribution in [0, 0.1) is 0 Å². The fourth-order valence-corrected chi connectivity index (χ4v) is 2.44. The molecule has 0 amide bonds. The van der Waals surface area contributed by atoms with Crippen molar-refractivity contribution in [1.29, 1.82) is 0 Å².